The third-order valence-corrected chi connectivity index (χ3v) is 4.56. The number of sulfone groups is 1. The Labute approximate surface area is 110 Å². The van der Waals surface area contributed by atoms with Crippen molar-refractivity contribution >= 4 is 25.8 Å². The first-order valence-corrected chi connectivity index (χ1v) is 7.82. The summed E-state index contributed by atoms with van der Waals surface area (Å²) < 4.78 is 28.6. The topological polar surface area (TPSA) is 63.6 Å². The monoisotopic (exact) mass is 322 g/mol. The molecular weight excluding hydrogens is 308 g/mol. The Morgan fingerprint density at radius 3 is 2.65 bits per heavy atom. The number of aliphatic hydroxyl groups is 1. The fourth-order valence-electron chi connectivity index (χ4n) is 1.18. The van der Waals surface area contributed by atoms with Gasteiger partial charge in [-0.15, -0.1) is 0 Å². The predicted molar refractivity (Wildman–Crippen MR) is 69.9 cm³/mol. The van der Waals surface area contributed by atoms with Gasteiger partial charge in [0, 0.05) is 5.75 Å². The van der Waals surface area contributed by atoms with Crippen molar-refractivity contribution in [3.63, 3.8) is 0 Å². The number of halogens is 1. The van der Waals surface area contributed by atoms with Crippen LogP contribution in [0.4, 0.5) is 0 Å². The summed E-state index contributed by atoms with van der Waals surface area (Å²) in [7, 11) is -3.00. The van der Waals surface area contributed by atoms with Crippen molar-refractivity contribution in [3.8, 4) is 5.75 Å². The molecule has 0 amide bonds. The summed E-state index contributed by atoms with van der Waals surface area (Å²) in [6.07, 6.45) is 0. The van der Waals surface area contributed by atoms with Gasteiger partial charge in [-0.25, -0.2) is 8.42 Å². The maximum atomic E-state index is 11.3. The van der Waals surface area contributed by atoms with E-state index in [4.69, 9.17) is 9.84 Å². The summed E-state index contributed by atoms with van der Waals surface area (Å²) in [6, 6.07) is 5.17. The molecule has 0 unspecified atom stereocenters. The molecule has 0 aliphatic carbocycles. The van der Waals surface area contributed by atoms with E-state index in [0.717, 1.165) is 5.56 Å². The van der Waals surface area contributed by atoms with Crippen molar-refractivity contribution < 1.29 is 18.3 Å². The second-order valence-electron chi connectivity index (χ2n) is 3.51. The maximum absolute atomic E-state index is 11.3. The second kappa shape index (κ2) is 6.37. The van der Waals surface area contributed by atoms with Gasteiger partial charge in [0.05, 0.1) is 16.8 Å². The minimum atomic E-state index is -3.00. The molecule has 0 atom stereocenters. The van der Waals surface area contributed by atoms with Gasteiger partial charge in [0.15, 0.2) is 9.84 Å². The summed E-state index contributed by atoms with van der Waals surface area (Å²) in [4.78, 5) is 0. The van der Waals surface area contributed by atoms with Crippen molar-refractivity contribution in [2.75, 3.05) is 18.1 Å². The summed E-state index contributed by atoms with van der Waals surface area (Å²) in [6.45, 7) is 1.71. The van der Waals surface area contributed by atoms with Crippen LogP contribution in [0.3, 0.4) is 0 Å². The highest BCUT2D eigenvalue weighted by atomic mass is 79.9. The Hall–Kier alpha value is -0.590. The molecule has 0 spiro atoms. The van der Waals surface area contributed by atoms with Gasteiger partial charge < -0.3 is 9.84 Å². The van der Waals surface area contributed by atoms with E-state index in [9.17, 15) is 8.42 Å². The van der Waals surface area contributed by atoms with Gasteiger partial charge in [0.2, 0.25) is 0 Å². The molecule has 0 aliphatic rings. The highest BCUT2D eigenvalue weighted by Gasteiger charge is 2.08. The lowest BCUT2D eigenvalue weighted by atomic mass is 10.2. The molecule has 96 valence electrons. The lowest BCUT2D eigenvalue weighted by Crippen LogP contribution is -2.15. The minimum absolute atomic E-state index is 0.0116. The van der Waals surface area contributed by atoms with Crippen LogP contribution in [0.1, 0.15) is 12.5 Å². The molecule has 17 heavy (non-hydrogen) atoms. The van der Waals surface area contributed by atoms with E-state index in [2.05, 4.69) is 15.9 Å². The molecule has 4 nitrogen and oxygen atoms in total. The number of hydrogen-bond acceptors (Lipinski definition) is 4. The van der Waals surface area contributed by atoms with E-state index in [0.29, 0.717) is 10.2 Å². The van der Waals surface area contributed by atoms with Crippen LogP contribution in [0.15, 0.2) is 22.7 Å². The zero-order valence-electron chi connectivity index (χ0n) is 9.52. The first-order chi connectivity index (χ1) is 7.98. The van der Waals surface area contributed by atoms with Crippen LogP contribution in [-0.4, -0.2) is 31.6 Å². The Balaban J connectivity index is 2.58. The summed E-state index contributed by atoms with van der Waals surface area (Å²) >= 11 is 3.30. The fraction of sp³-hybridized carbons (Fsp3) is 0.455. The van der Waals surface area contributed by atoms with Crippen molar-refractivity contribution in [2.45, 2.75) is 13.5 Å². The number of hydrogen-bond donors (Lipinski definition) is 1. The van der Waals surface area contributed by atoms with Gasteiger partial charge >= 0.3 is 0 Å². The molecule has 1 aromatic rings. The minimum Gasteiger partial charge on any atom is -0.491 e. The quantitative estimate of drug-likeness (QED) is 0.866. The predicted octanol–water partition coefficient (Wildman–Crippen LogP) is 1.75. The van der Waals surface area contributed by atoms with Crippen LogP contribution in [0.2, 0.25) is 0 Å². The van der Waals surface area contributed by atoms with Crippen LogP contribution in [-0.2, 0) is 16.4 Å². The van der Waals surface area contributed by atoms with E-state index in [1.165, 1.54) is 0 Å². The van der Waals surface area contributed by atoms with Crippen LogP contribution in [0, 0.1) is 0 Å². The second-order valence-corrected chi connectivity index (χ2v) is 6.83. The zero-order valence-corrected chi connectivity index (χ0v) is 11.9. The Morgan fingerprint density at radius 1 is 1.41 bits per heavy atom. The number of ether oxygens (including phenoxy) is 1. The Morgan fingerprint density at radius 2 is 2.12 bits per heavy atom. The molecule has 6 heteroatoms. The lowest BCUT2D eigenvalue weighted by Gasteiger charge is -2.09. The normalized spacial score (nSPS) is 11.5. The molecule has 1 rings (SSSR count). The molecule has 0 aromatic heterocycles. The van der Waals surface area contributed by atoms with Gasteiger partial charge in [-0.3, -0.25) is 0 Å². The third kappa shape index (κ3) is 4.65. The van der Waals surface area contributed by atoms with E-state index in [1.54, 1.807) is 25.1 Å². The highest BCUT2D eigenvalue weighted by molar-refractivity contribution is 9.10. The molecule has 0 heterocycles. The molecule has 0 aliphatic heterocycles. The van der Waals surface area contributed by atoms with Crippen molar-refractivity contribution in [1.29, 1.82) is 0 Å². The van der Waals surface area contributed by atoms with E-state index in [-0.39, 0.29) is 24.7 Å². The van der Waals surface area contributed by atoms with Crippen LogP contribution >= 0.6 is 15.9 Å². The summed E-state index contributed by atoms with van der Waals surface area (Å²) in [5.74, 6) is 0.715. The highest BCUT2D eigenvalue weighted by Crippen LogP contribution is 2.26. The van der Waals surface area contributed by atoms with Crippen molar-refractivity contribution in [3.05, 3.63) is 28.2 Å². The smallest absolute Gasteiger partial charge is 0.153 e. The average Bonchev–Trinajstić information content (AvgIpc) is 2.31. The SMILES string of the molecule is CCS(=O)(=O)CCOc1ccc(CO)cc1Br. The molecule has 0 saturated carbocycles. The van der Waals surface area contributed by atoms with E-state index >= 15 is 0 Å². The van der Waals surface area contributed by atoms with Gasteiger partial charge in [-0.2, -0.15) is 0 Å². The lowest BCUT2D eigenvalue weighted by molar-refractivity contribution is 0.281. The average molecular weight is 323 g/mol. The maximum Gasteiger partial charge on any atom is 0.153 e. The first kappa shape index (κ1) is 14.5. The van der Waals surface area contributed by atoms with Gasteiger partial charge in [-0.05, 0) is 33.6 Å². The van der Waals surface area contributed by atoms with Crippen molar-refractivity contribution in [2.24, 2.45) is 0 Å². The first-order valence-electron chi connectivity index (χ1n) is 5.21. The van der Waals surface area contributed by atoms with Gasteiger partial charge in [-0.1, -0.05) is 13.0 Å². The molecule has 0 saturated heterocycles. The number of rotatable bonds is 6. The molecule has 1 N–H and O–H groups in total. The molecule has 1 aromatic carbocycles. The van der Waals surface area contributed by atoms with Crippen LogP contribution < -0.4 is 4.74 Å². The Kier molecular flexibility index (Phi) is 5.42. The van der Waals surface area contributed by atoms with Crippen LogP contribution in [0.5, 0.6) is 5.75 Å². The summed E-state index contributed by atoms with van der Waals surface area (Å²) in [5, 5.41) is 8.93. The van der Waals surface area contributed by atoms with E-state index < -0.39 is 9.84 Å². The molecule has 0 fully saturated rings. The Bertz CT molecular complexity index is 470. The van der Waals surface area contributed by atoms with Crippen molar-refractivity contribution in [1.82, 2.24) is 0 Å². The van der Waals surface area contributed by atoms with Gasteiger partial charge in [0.25, 0.3) is 0 Å². The molecule has 0 bridgehead atoms. The largest absolute Gasteiger partial charge is 0.491 e. The molecule has 0 radical (unpaired) electrons. The van der Waals surface area contributed by atoms with Crippen LogP contribution in [0.25, 0.3) is 0 Å². The summed E-state index contributed by atoms with van der Waals surface area (Å²) in [5.41, 5.74) is 0.769. The third-order valence-electron chi connectivity index (χ3n) is 2.27. The molecular formula is C11H15BrO4S. The van der Waals surface area contributed by atoms with E-state index in [1.807, 2.05) is 0 Å². The standard InChI is InChI=1S/C11H15BrO4S/c1-2-17(14,15)6-5-16-11-4-3-9(8-13)7-10(11)12/h3-4,7,13H,2,5-6,8H2,1H3. The number of aliphatic hydroxyl groups excluding tert-OH is 1. The number of benzene rings is 1. The van der Waals surface area contributed by atoms with Gasteiger partial charge in [0.1, 0.15) is 12.4 Å². The fourth-order valence-corrected chi connectivity index (χ4v) is 2.35. The zero-order chi connectivity index (χ0) is 12.9.